The van der Waals surface area contributed by atoms with E-state index in [1.54, 1.807) is 0 Å². The number of piperidine rings is 1. The van der Waals surface area contributed by atoms with Crippen LogP contribution in [0.25, 0.3) is 0 Å². The van der Waals surface area contributed by atoms with E-state index in [9.17, 15) is 4.79 Å². The van der Waals surface area contributed by atoms with Crippen molar-refractivity contribution >= 4 is 6.09 Å². The zero-order valence-corrected chi connectivity index (χ0v) is 11.9. The summed E-state index contributed by atoms with van der Waals surface area (Å²) < 4.78 is 4.93. The summed E-state index contributed by atoms with van der Waals surface area (Å²) in [4.78, 5) is 10.7. The number of carbonyl (C=O) groups excluding carboxylic acids is 1. The topological polar surface area (TPSA) is 50.4 Å². The van der Waals surface area contributed by atoms with Crippen LogP contribution in [0, 0.1) is 5.92 Å². The van der Waals surface area contributed by atoms with Crippen molar-refractivity contribution in [3.05, 3.63) is 0 Å². The second kappa shape index (κ2) is 8.34. The minimum Gasteiger partial charge on any atom is -0.444 e. The maximum absolute atomic E-state index is 10.7. The van der Waals surface area contributed by atoms with E-state index in [0.717, 1.165) is 5.92 Å². The molecule has 102 valence electrons. The summed E-state index contributed by atoms with van der Waals surface area (Å²) in [6, 6.07) is 0. The highest BCUT2D eigenvalue weighted by Crippen LogP contribution is 2.06. The Morgan fingerprint density at radius 3 is 2.41 bits per heavy atom. The second-order valence-electron chi connectivity index (χ2n) is 5.48. The van der Waals surface area contributed by atoms with E-state index in [4.69, 9.17) is 4.74 Å². The van der Waals surface area contributed by atoms with Crippen molar-refractivity contribution < 1.29 is 9.53 Å². The predicted octanol–water partition coefficient (Wildman–Crippen LogP) is 2.54. The highest BCUT2D eigenvalue weighted by molar-refractivity contribution is 5.67. The van der Waals surface area contributed by atoms with Crippen LogP contribution in [-0.2, 0) is 4.74 Å². The Labute approximate surface area is 105 Å². The molecule has 0 spiro atoms. The fourth-order valence-corrected chi connectivity index (χ4v) is 1.48. The Kier molecular flexibility index (Phi) is 7.96. The van der Waals surface area contributed by atoms with Gasteiger partial charge >= 0.3 is 6.09 Å². The van der Waals surface area contributed by atoms with Gasteiger partial charge in [0, 0.05) is 6.54 Å². The summed E-state index contributed by atoms with van der Waals surface area (Å²) in [5.41, 5.74) is -0.390. The number of alkyl carbamates (subject to hydrolysis) is 1. The van der Waals surface area contributed by atoms with E-state index in [0.29, 0.717) is 6.54 Å². The van der Waals surface area contributed by atoms with E-state index < -0.39 is 0 Å². The first kappa shape index (κ1) is 16.2. The maximum Gasteiger partial charge on any atom is 0.407 e. The van der Waals surface area contributed by atoms with E-state index in [2.05, 4.69) is 17.6 Å². The van der Waals surface area contributed by atoms with Gasteiger partial charge in [-0.15, -0.1) is 0 Å². The summed E-state index contributed by atoms with van der Waals surface area (Å²) in [6.45, 7) is 12.7. The van der Waals surface area contributed by atoms with Crippen LogP contribution in [0.2, 0.25) is 0 Å². The van der Waals surface area contributed by atoms with Gasteiger partial charge in [-0.3, -0.25) is 0 Å². The van der Waals surface area contributed by atoms with Crippen LogP contribution in [0.4, 0.5) is 4.79 Å². The molecule has 0 aliphatic carbocycles. The van der Waals surface area contributed by atoms with Crippen molar-refractivity contribution in [2.24, 2.45) is 5.92 Å². The molecule has 0 bridgehead atoms. The Morgan fingerprint density at radius 2 is 2.12 bits per heavy atom. The van der Waals surface area contributed by atoms with Gasteiger partial charge in [-0.2, -0.15) is 0 Å². The first-order chi connectivity index (χ1) is 7.85. The Morgan fingerprint density at radius 1 is 1.47 bits per heavy atom. The molecular weight excluding hydrogens is 216 g/mol. The molecule has 0 aromatic rings. The van der Waals surface area contributed by atoms with Gasteiger partial charge < -0.3 is 15.4 Å². The Hall–Kier alpha value is -0.770. The molecule has 1 heterocycles. The number of nitrogens with one attached hydrogen (secondary N) is 2. The molecular formula is C13H28N2O2. The number of hydrogen-bond donors (Lipinski definition) is 2. The monoisotopic (exact) mass is 244 g/mol. The molecule has 1 unspecified atom stereocenters. The van der Waals surface area contributed by atoms with Gasteiger partial charge in [-0.1, -0.05) is 6.92 Å². The van der Waals surface area contributed by atoms with E-state index in [1.165, 1.54) is 25.9 Å². The molecule has 1 aliphatic rings. The van der Waals surface area contributed by atoms with Crippen molar-refractivity contribution in [2.75, 3.05) is 19.6 Å². The van der Waals surface area contributed by atoms with Gasteiger partial charge in [0.1, 0.15) is 5.60 Å². The zero-order chi connectivity index (χ0) is 13.3. The molecule has 1 saturated heterocycles. The van der Waals surface area contributed by atoms with E-state index >= 15 is 0 Å². The summed E-state index contributed by atoms with van der Waals surface area (Å²) in [5, 5.41) is 5.88. The highest BCUT2D eigenvalue weighted by atomic mass is 16.6. The lowest BCUT2D eigenvalue weighted by Gasteiger charge is -2.19. The fourth-order valence-electron chi connectivity index (χ4n) is 1.48. The summed E-state index contributed by atoms with van der Waals surface area (Å²) >= 11 is 0. The molecule has 4 heteroatoms. The summed E-state index contributed by atoms with van der Waals surface area (Å²) in [5.74, 6) is 0.925. The molecule has 1 atom stereocenters. The number of rotatable bonds is 1. The van der Waals surface area contributed by atoms with Gasteiger partial charge in [-0.05, 0) is 59.5 Å². The molecule has 1 amide bonds. The van der Waals surface area contributed by atoms with Crippen LogP contribution in [0.5, 0.6) is 0 Å². The lowest BCUT2D eigenvalue weighted by atomic mass is 10.0. The SMILES string of the molecule is CC1CCCNC1.CCNC(=O)OC(C)(C)C. The standard InChI is InChI=1S/C7H15NO2.C6H13N/c1-5-8-6(9)10-7(2,3)4;1-6-3-2-4-7-5-6/h5H2,1-4H3,(H,8,9);6-7H,2-5H2,1H3. The molecule has 0 aromatic carbocycles. The molecule has 4 nitrogen and oxygen atoms in total. The number of amides is 1. The van der Waals surface area contributed by atoms with Crippen LogP contribution >= 0.6 is 0 Å². The molecule has 2 N–H and O–H groups in total. The van der Waals surface area contributed by atoms with Gasteiger partial charge in [0.15, 0.2) is 0 Å². The molecule has 0 radical (unpaired) electrons. The van der Waals surface area contributed by atoms with Crippen LogP contribution < -0.4 is 10.6 Å². The maximum atomic E-state index is 10.7. The molecule has 0 aromatic heterocycles. The van der Waals surface area contributed by atoms with Crippen LogP contribution in [0.1, 0.15) is 47.5 Å². The molecule has 1 fully saturated rings. The predicted molar refractivity (Wildman–Crippen MR) is 71.2 cm³/mol. The highest BCUT2D eigenvalue weighted by Gasteiger charge is 2.14. The van der Waals surface area contributed by atoms with Crippen molar-refractivity contribution in [2.45, 2.75) is 53.1 Å². The Bertz CT molecular complexity index is 206. The molecule has 0 saturated carbocycles. The molecule has 1 aliphatic heterocycles. The molecule has 17 heavy (non-hydrogen) atoms. The van der Waals surface area contributed by atoms with Crippen LogP contribution in [0.15, 0.2) is 0 Å². The third kappa shape index (κ3) is 11.5. The largest absolute Gasteiger partial charge is 0.444 e. The number of hydrogen-bond acceptors (Lipinski definition) is 3. The average Bonchev–Trinajstić information content (AvgIpc) is 2.17. The van der Waals surface area contributed by atoms with Crippen molar-refractivity contribution in [3.63, 3.8) is 0 Å². The lowest BCUT2D eigenvalue weighted by Crippen LogP contribution is -2.32. The van der Waals surface area contributed by atoms with Crippen molar-refractivity contribution in [3.8, 4) is 0 Å². The zero-order valence-electron chi connectivity index (χ0n) is 11.9. The summed E-state index contributed by atoms with van der Waals surface area (Å²) in [6.07, 6.45) is 2.45. The minimum atomic E-state index is -0.390. The lowest BCUT2D eigenvalue weighted by molar-refractivity contribution is 0.0531. The third-order valence-electron chi connectivity index (χ3n) is 2.26. The smallest absolute Gasteiger partial charge is 0.407 e. The normalized spacial score (nSPS) is 19.9. The van der Waals surface area contributed by atoms with Crippen LogP contribution in [-0.4, -0.2) is 31.3 Å². The fraction of sp³-hybridized carbons (Fsp3) is 0.923. The van der Waals surface area contributed by atoms with E-state index in [-0.39, 0.29) is 11.7 Å². The summed E-state index contributed by atoms with van der Waals surface area (Å²) in [7, 11) is 0. The number of carbonyl (C=O) groups is 1. The van der Waals surface area contributed by atoms with Gasteiger partial charge in [0.2, 0.25) is 0 Å². The van der Waals surface area contributed by atoms with Gasteiger partial charge in [0.25, 0.3) is 0 Å². The van der Waals surface area contributed by atoms with Crippen molar-refractivity contribution in [1.29, 1.82) is 0 Å². The van der Waals surface area contributed by atoms with Crippen molar-refractivity contribution in [1.82, 2.24) is 10.6 Å². The van der Waals surface area contributed by atoms with E-state index in [1.807, 2.05) is 27.7 Å². The van der Waals surface area contributed by atoms with Gasteiger partial charge in [0.05, 0.1) is 0 Å². The second-order valence-corrected chi connectivity index (χ2v) is 5.48. The first-order valence-electron chi connectivity index (χ1n) is 6.52. The number of ether oxygens (including phenoxy) is 1. The first-order valence-corrected chi connectivity index (χ1v) is 6.52. The Balaban J connectivity index is 0.000000318. The van der Waals surface area contributed by atoms with Gasteiger partial charge in [-0.25, -0.2) is 4.79 Å². The van der Waals surface area contributed by atoms with Crippen LogP contribution in [0.3, 0.4) is 0 Å². The quantitative estimate of drug-likeness (QED) is 0.745. The minimum absolute atomic E-state index is 0.352. The molecule has 1 rings (SSSR count). The average molecular weight is 244 g/mol. The third-order valence-corrected chi connectivity index (χ3v) is 2.26.